The van der Waals surface area contributed by atoms with Crippen molar-refractivity contribution in [2.45, 2.75) is 6.92 Å². The summed E-state index contributed by atoms with van der Waals surface area (Å²) in [6, 6.07) is 6.12. The molecular weight excluding hydrogens is 200 g/mol. The molecule has 1 aliphatic heterocycles. The average molecular weight is 220 g/mol. The zero-order valence-corrected chi connectivity index (χ0v) is 10.0. The first-order valence-electron chi connectivity index (χ1n) is 5.71. The quantitative estimate of drug-likeness (QED) is 0.734. The minimum absolute atomic E-state index is 0.846. The second kappa shape index (κ2) is 4.72. The first kappa shape index (κ1) is 11.2. The van der Waals surface area contributed by atoms with Crippen molar-refractivity contribution >= 4 is 11.4 Å². The fourth-order valence-electron chi connectivity index (χ4n) is 1.81. The fraction of sp³-hybridized carbons (Fsp3) is 0.500. The molecule has 1 saturated heterocycles. The van der Waals surface area contributed by atoms with E-state index >= 15 is 0 Å². The molecule has 0 unspecified atom stereocenters. The molecule has 0 aliphatic carbocycles. The van der Waals surface area contributed by atoms with E-state index in [9.17, 15) is 0 Å². The van der Waals surface area contributed by atoms with Crippen LogP contribution in [0.4, 0.5) is 11.4 Å². The number of rotatable bonds is 2. The molecule has 0 saturated carbocycles. The molecular formula is C12H20N4. The van der Waals surface area contributed by atoms with Crippen molar-refractivity contribution in [2.75, 3.05) is 44.4 Å². The van der Waals surface area contributed by atoms with Gasteiger partial charge in [0.15, 0.2) is 0 Å². The second-order valence-electron chi connectivity index (χ2n) is 4.47. The van der Waals surface area contributed by atoms with Gasteiger partial charge in [-0.15, -0.1) is 0 Å². The molecule has 0 radical (unpaired) electrons. The molecule has 1 aromatic carbocycles. The summed E-state index contributed by atoms with van der Waals surface area (Å²) in [5.41, 5.74) is 12.3. The topological polar surface area (TPSA) is 44.5 Å². The zero-order valence-electron chi connectivity index (χ0n) is 10.0. The molecule has 4 nitrogen and oxygen atoms in total. The number of hydrogen-bond donors (Lipinski definition) is 2. The number of nitrogens with one attached hydrogen (secondary N) is 1. The fourth-order valence-corrected chi connectivity index (χ4v) is 1.81. The van der Waals surface area contributed by atoms with E-state index in [2.05, 4.69) is 28.4 Å². The van der Waals surface area contributed by atoms with E-state index in [1.54, 1.807) is 0 Å². The minimum Gasteiger partial charge on any atom is -0.398 e. The van der Waals surface area contributed by atoms with Crippen LogP contribution in [-0.4, -0.2) is 43.1 Å². The number of benzene rings is 1. The van der Waals surface area contributed by atoms with Crippen molar-refractivity contribution in [2.24, 2.45) is 0 Å². The maximum Gasteiger partial charge on any atom is 0.0510 e. The van der Waals surface area contributed by atoms with Gasteiger partial charge < -0.3 is 16.1 Å². The molecule has 1 heterocycles. The lowest BCUT2D eigenvalue weighted by Crippen LogP contribution is -2.46. The third-order valence-electron chi connectivity index (χ3n) is 3.07. The molecule has 2 rings (SSSR count). The Balaban J connectivity index is 1.96. The van der Waals surface area contributed by atoms with Crippen LogP contribution in [0.25, 0.3) is 0 Å². The molecule has 3 N–H and O–H groups in total. The molecule has 1 aliphatic rings. The standard InChI is InChI=1S/C12H20N4/c1-10-3-4-11(9-12(10)13)14-16-7-5-15(2)6-8-16/h3-4,9,14H,5-8,13H2,1-2H3. The van der Waals surface area contributed by atoms with Gasteiger partial charge in [-0.1, -0.05) is 6.07 Å². The van der Waals surface area contributed by atoms with Gasteiger partial charge in [-0.2, -0.15) is 0 Å². The van der Waals surface area contributed by atoms with E-state index in [1.165, 1.54) is 0 Å². The van der Waals surface area contributed by atoms with Crippen LogP contribution in [0.15, 0.2) is 18.2 Å². The summed E-state index contributed by atoms with van der Waals surface area (Å²) in [6.45, 7) is 6.33. The van der Waals surface area contributed by atoms with Crippen molar-refractivity contribution in [1.29, 1.82) is 0 Å². The third kappa shape index (κ3) is 2.65. The monoisotopic (exact) mass is 220 g/mol. The molecule has 88 valence electrons. The largest absolute Gasteiger partial charge is 0.398 e. The lowest BCUT2D eigenvalue weighted by atomic mass is 10.2. The molecule has 0 aromatic heterocycles. The Kier molecular flexibility index (Phi) is 3.31. The predicted octanol–water partition coefficient (Wildman–Crippen LogP) is 1.15. The van der Waals surface area contributed by atoms with Gasteiger partial charge in [0, 0.05) is 31.9 Å². The SMILES string of the molecule is Cc1ccc(NN2CCN(C)CC2)cc1N. The summed E-state index contributed by atoms with van der Waals surface area (Å²) in [7, 11) is 2.15. The van der Waals surface area contributed by atoms with Crippen LogP contribution in [0.5, 0.6) is 0 Å². The molecule has 0 amide bonds. The van der Waals surface area contributed by atoms with Crippen molar-refractivity contribution in [3.8, 4) is 0 Å². The number of anilines is 2. The molecule has 1 aromatic rings. The molecule has 0 atom stereocenters. The minimum atomic E-state index is 0.846. The zero-order chi connectivity index (χ0) is 11.5. The number of likely N-dealkylation sites (N-methyl/N-ethyl adjacent to an activating group) is 1. The maximum absolute atomic E-state index is 5.88. The number of hydrogen-bond acceptors (Lipinski definition) is 4. The summed E-state index contributed by atoms with van der Waals surface area (Å²) in [4.78, 5) is 2.34. The van der Waals surface area contributed by atoms with Crippen molar-refractivity contribution in [3.63, 3.8) is 0 Å². The second-order valence-corrected chi connectivity index (χ2v) is 4.47. The molecule has 4 heteroatoms. The van der Waals surface area contributed by atoms with Crippen LogP contribution < -0.4 is 11.2 Å². The highest BCUT2D eigenvalue weighted by Crippen LogP contribution is 2.17. The summed E-state index contributed by atoms with van der Waals surface area (Å²) in [6.07, 6.45) is 0. The number of aryl methyl sites for hydroxylation is 1. The van der Waals surface area contributed by atoms with Crippen molar-refractivity contribution < 1.29 is 0 Å². The smallest absolute Gasteiger partial charge is 0.0510 e. The van der Waals surface area contributed by atoms with Crippen LogP contribution in [0.2, 0.25) is 0 Å². The van der Waals surface area contributed by atoms with E-state index in [0.29, 0.717) is 0 Å². The Labute approximate surface area is 97.0 Å². The Bertz CT molecular complexity index is 356. The summed E-state index contributed by atoms with van der Waals surface area (Å²) < 4.78 is 0. The average Bonchev–Trinajstić information content (AvgIpc) is 2.27. The first-order chi connectivity index (χ1) is 7.65. The van der Waals surface area contributed by atoms with E-state index in [0.717, 1.165) is 43.1 Å². The van der Waals surface area contributed by atoms with E-state index in [1.807, 2.05) is 19.1 Å². The molecule has 0 bridgehead atoms. The normalized spacial score (nSPS) is 18.6. The number of nitrogens with zero attached hydrogens (tertiary/aromatic N) is 2. The lowest BCUT2D eigenvalue weighted by Gasteiger charge is -2.33. The highest BCUT2D eigenvalue weighted by atomic mass is 15.5. The lowest BCUT2D eigenvalue weighted by molar-refractivity contribution is 0.179. The van der Waals surface area contributed by atoms with Gasteiger partial charge in [0.2, 0.25) is 0 Å². The Morgan fingerprint density at radius 2 is 1.88 bits per heavy atom. The van der Waals surface area contributed by atoms with Crippen LogP contribution in [0, 0.1) is 6.92 Å². The van der Waals surface area contributed by atoms with E-state index in [4.69, 9.17) is 5.73 Å². The van der Waals surface area contributed by atoms with Crippen LogP contribution in [0.1, 0.15) is 5.56 Å². The van der Waals surface area contributed by atoms with Gasteiger partial charge in [0.25, 0.3) is 0 Å². The molecule has 1 fully saturated rings. The Hall–Kier alpha value is -1.26. The van der Waals surface area contributed by atoms with Crippen LogP contribution in [0.3, 0.4) is 0 Å². The van der Waals surface area contributed by atoms with Gasteiger partial charge in [0.05, 0.1) is 5.69 Å². The van der Waals surface area contributed by atoms with Crippen LogP contribution >= 0.6 is 0 Å². The van der Waals surface area contributed by atoms with Gasteiger partial charge >= 0.3 is 0 Å². The first-order valence-corrected chi connectivity index (χ1v) is 5.71. The van der Waals surface area contributed by atoms with Gasteiger partial charge in [0.1, 0.15) is 0 Å². The highest BCUT2D eigenvalue weighted by molar-refractivity contribution is 5.57. The number of nitrogen functional groups attached to an aromatic ring is 1. The van der Waals surface area contributed by atoms with Gasteiger partial charge in [-0.05, 0) is 31.7 Å². The number of piperazine rings is 1. The molecule has 16 heavy (non-hydrogen) atoms. The van der Waals surface area contributed by atoms with Gasteiger partial charge in [-0.25, -0.2) is 5.01 Å². The Morgan fingerprint density at radius 3 is 2.50 bits per heavy atom. The van der Waals surface area contributed by atoms with E-state index in [-0.39, 0.29) is 0 Å². The third-order valence-corrected chi connectivity index (χ3v) is 3.07. The van der Waals surface area contributed by atoms with E-state index < -0.39 is 0 Å². The predicted molar refractivity (Wildman–Crippen MR) is 68.3 cm³/mol. The molecule has 0 spiro atoms. The highest BCUT2D eigenvalue weighted by Gasteiger charge is 2.13. The van der Waals surface area contributed by atoms with Crippen molar-refractivity contribution in [1.82, 2.24) is 9.91 Å². The Morgan fingerprint density at radius 1 is 1.19 bits per heavy atom. The van der Waals surface area contributed by atoms with Gasteiger partial charge in [-0.3, -0.25) is 0 Å². The summed E-state index contributed by atoms with van der Waals surface area (Å²) in [5.74, 6) is 0. The van der Waals surface area contributed by atoms with Crippen LogP contribution in [-0.2, 0) is 0 Å². The summed E-state index contributed by atoms with van der Waals surface area (Å²) in [5, 5.41) is 2.24. The maximum atomic E-state index is 5.88. The number of hydrazine groups is 1. The summed E-state index contributed by atoms with van der Waals surface area (Å²) >= 11 is 0. The number of nitrogens with two attached hydrogens (primary N) is 1. The van der Waals surface area contributed by atoms with Crippen molar-refractivity contribution in [3.05, 3.63) is 23.8 Å².